The van der Waals surface area contributed by atoms with Crippen LogP contribution in [-0.4, -0.2) is 36.3 Å². The molecule has 2 N–H and O–H groups in total. The molecule has 0 radical (unpaired) electrons. The molecule has 0 atom stereocenters. The van der Waals surface area contributed by atoms with Crippen molar-refractivity contribution in [3.63, 3.8) is 0 Å². The maximum absolute atomic E-state index is 12.5. The van der Waals surface area contributed by atoms with Gasteiger partial charge in [0.2, 0.25) is 11.8 Å². The van der Waals surface area contributed by atoms with Crippen LogP contribution in [0.2, 0.25) is 5.02 Å². The first-order valence-corrected chi connectivity index (χ1v) is 11.8. The summed E-state index contributed by atoms with van der Waals surface area (Å²) in [6, 6.07) is 24.3. The molecule has 1 fully saturated rings. The van der Waals surface area contributed by atoms with Crippen molar-refractivity contribution < 1.29 is 14.3 Å². The molecule has 0 aromatic heterocycles. The molecule has 1 aliphatic heterocycles. The Bertz CT molecular complexity index is 1100. The zero-order valence-corrected chi connectivity index (χ0v) is 19.6. The molecule has 6 nitrogen and oxygen atoms in total. The summed E-state index contributed by atoms with van der Waals surface area (Å²) < 4.78 is 5.78. The summed E-state index contributed by atoms with van der Waals surface area (Å²) in [5.41, 5.74) is 1.79. The van der Waals surface area contributed by atoms with Crippen LogP contribution in [0.4, 0.5) is 5.69 Å². The quantitative estimate of drug-likeness (QED) is 0.473. The van der Waals surface area contributed by atoms with E-state index in [2.05, 4.69) is 15.5 Å². The molecule has 0 saturated carbocycles. The molecule has 176 valence electrons. The number of hydrogen-bond donors (Lipinski definition) is 2. The fourth-order valence-electron chi connectivity index (χ4n) is 3.95. The number of amides is 2. The molecule has 1 aliphatic rings. The minimum absolute atomic E-state index is 0.00585. The van der Waals surface area contributed by atoms with E-state index >= 15 is 0 Å². The monoisotopic (exact) mass is 477 g/mol. The Morgan fingerprint density at radius 1 is 0.912 bits per heavy atom. The van der Waals surface area contributed by atoms with Crippen molar-refractivity contribution in [1.82, 2.24) is 10.2 Å². The van der Waals surface area contributed by atoms with Crippen LogP contribution < -0.4 is 15.4 Å². The molecule has 2 amide bonds. The van der Waals surface area contributed by atoms with E-state index in [1.165, 1.54) is 0 Å². The van der Waals surface area contributed by atoms with E-state index in [9.17, 15) is 9.59 Å². The van der Waals surface area contributed by atoms with Gasteiger partial charge in [-0.2, -0.15) is 0 Å². The largest absolute Gasteiger partial charge is 0.456 e. The topological polar surface area (TPSA) is 70.7 Å². The Labute approximate surface area is 204 Å². The summed E-state index contributed by atoms with van der Waals surface area (Å²) in [7, 11) is 0. The average Bonchev–Trinajstić information content (AvgIpc) is 2.86. The van der Waals surface area contributed by atoms with Crippen LogP contribution in [-0.2, 0) is 16.1 Å². The van der Waals surface area contributed by atoms with E-state index in [1.54, 1.807) is 36.4 Å². The van der Waals surface area contributed by atoms with Gasteiger partial charge >= 0.3 is 0 Å². The highest BCUT2D eigenvalue weighted by molar-refractivity contribution is 6.32. The minimum Gasteiger partial charge on any atom is -0.456 e. The lowest BCUT2D eigenvalue weighted by Gasteiger charge is -2.30. The van der Waals surface area contributed by atoms with Crippen molar-refractivity contribution in [3.8, 4) is 11.5 Å². The minimum atomic E-state index is -0.0771. The number of halogens is 1. The van der Waals surface area contributed by atoms with Crippen LogP contribution >= 0.6 is 11.6 Å². The number of anilines is 1. The third kappa shape index (κ3) is 6.83. The maximum atomic E-state index is 12.5. The van der Waals surface area contributed by atoms with Crippen LogP contribution in [0.3, 0.4) is 0 Å². The second-order valence-corrected chi connectivity index (χ2v) is 8.77. The highest BCUT2D eigenvalue weighted by Gasteiger charge is 2.25. The van der Waals surface area contributed by atoms with E-state index in [4.69, 9.17) is 16.3 Å². The zero-order chi connectivity index (χ0) is 23.8. The van der Waals surface area contributed by atoms with Gasteiger partial charge in [-0.25, -0.2) is 0 Å². The van der Waals surface area contributed by atoms with Gasteiger partial charge in [-0.15, -0.1) is 0 Å². The van der Waals surface area contributed by atoms with Crippen molar-refractivity contribution >= 4 is 29.1 Å². The molecule has 34 heavy (non-hydrogen) atoms. The average molecular weight is 478 g/mol. The molecule has 7 heteroatoms. The van der Waals surface area contributed by atoms with E-state index < -0.39 is 0 Å². The summed E-state index contributed by atoms with van der Waals surface area (Å²) in [5.74, 6) is 1.23. The summed E-state index contributed by atoms with van der Waals surface area (Å²) in [5, 5.41) is 6.49. The fourth-order valence-corrected chi connectivity index (χ4v) is 4.12. The van der Waals surface area contributed by atoms with E-state index in [0.717, 1.165) is 31.5 Å². The Morgan fingerprint density at radius 3 is 2.29 bits per heavy atom. The maximum Gasteiger partial charge on any atom is 0.238 e. The standard InChI is InChI=1S/C27H28ClN3O3/c28-24-8-4-5-9-25(24)34-23-12-10-22(11-13-23)30-26(32)19-31-16-14-21(15-17-31)27(33)29-18-20-6-2-1-3-7-20/h1-13,21H,14-19H2,(H,29,33)(H,30,32). The van der Waals surface area contributed by atoms with Gasteiger partial charge in [0.25, 0.3) is 0 Å². The third-order valence-electron chi connectivity index (χ3n) is 5.84. The molecule has 1 heterocycles. The second kappa shape index (κ2) is 11.7. The second-order valence-electron chi connectivity index (χ2n) is 8.36. The van der Waals surface area contributed by atoms with Gasteiger partial charge in [0.15, 0.2) is 0 Å². The van der Waals surface area contributed by atoms with Crippen molar-refractivity contribution in [3.05, 3.63) is 89.4 Å². The smallest absolute Gasteiger partial charge is 0.238 e. The lowest BCUT2D eigenvalue weighted by atomic mass is 9.96. The molecular formula is C27H28ClN3O3. The molecule has 3 aromatic rings. The first kappa shape index (κ1) is 23.8. The van der Waals surface area contributed by atoms with Crippen molar-refractivity contribution in [1.29, 1.82) is 0 Å². The summed E-state index contributed by atoms with van der Waals surface area (Å²) >= 11 is 6.13. The van der Waals surface area contributed by atoms with Crippen molar-refractivity contribution in [2.45, 2.75) is 19.4 Å². The molecule has 3 aromatic carbocycles. The van der Waals surface area contributed by atoms with Gasteiger partial charge < -0.3 is 15.4 Å². The summed E-state index contributed by atoms with van der Waals surface area (Å²) in [4.78, 5) is 27.1. The third-order valence-corrected chi connectivity index (χ3v) is 6.15. The number of para-hydroxylation sites is 1. The molecule has 4 rings (SSSR count). The number of carbonyl (C=O) groups excluding carboxylic acids is 2. The Morgan fingerprint density at radius 2 is 1.59 bits per heavy atom. The molecule has 0 spiro atoms. The number of ether oxygens (including phenoxy) is 1. The normalized spacial score (nSPS) is 14.4. The lowest BCUT2D eigenvalue weighted by molar-refractivity contribution is -0.126. The first-order chi connectivity index (χ1) is 16.6. The molecular weight excluding hydrogens is 450 g/mol. The number of nitrogens with zero attached hydrogens (tertiary/aromatic N) is 1. The van der Waals surface area contributed by atoms with Gasteiger partial charge in [0, 0.05) is 18.2 Å². The Balaban J connectivity index is 1.18. The van der Waals surface area contributed by atoms with E-state index in [1.807, 2.05) is 42.5 Å². The van der Waals surface area contributed by atoms with Crippen molar-refractivity contribution in [2.24, 2.45) is 5.92 Å². The molecule has 0 unspecified atom stereocenters. The highest BCUT2D eigenvalue weighted by atomic mass is 35.5. The van der Waals surface area contributed by atoms with Gasteiger partial charge in [-0.3, -0.25) is 14.5 Å². The summed E-state index contributed by atoms with van der Waals surface area (Å²) in [6.45, 7) is 2.30. The summed E-state index contributed by atoms with van der Waals surface area (Å²) in [6.07, 6.45) is 1.50. The van der Waals surface area contributed by atoms with Gasteiger partial charge in [-0.05, 0) is 67.9 Å². The van der Waals surface area contributed by atoms with Crippen LogP contribution in [0.5, 0.6) is 11.5 Å². The van der Waals surface area contributed by atoms with Crippen LogP contribution in [0.15, 0.2) is 78.9 Å². The predicted octanol–water partition coefficient (Wildman–Crippen LogP) is 5.10. The Hall–Kier alpha value is -3.35. The van der Waals surface area contributed by atoms with Gasteiger partial charge in [-0.1, -0.05) is 54.1 Å². The lowest BCUT2D eigenvalue weighted by Crippen LogP contribution is -2.43. The number of piperidine rings is 1. The van der Waals surface area contributed by atoms with Crippen molar-refractivity contribution in [2.75, 3.05) is 25.0 Å². The number of carbonyl (C=O) groups is 2. The van der Waals surface area contributed by atoms with Crippen LogP contribution in [0, 0.1) is 5.92 Å². The predicted molar refractivity (Wildman–Crippen MR) is 134 cm³/mol. The first-order valence-electron chi connectivity index (χ1n) is 11.4. The fraction of sp³-hybridized carbons (Fsp3) is 0.259. The number of nitrogens with one attached hydrogen (secondary N) is 2. The van der Waals surface area contributed by atoms with E-state index in [-0.39, 0.29) is 17.7 Å². The number of benzene rings is 3. The SMILES string of the molecule is O=C(CN1CCC(C(=O)NCc2ccccc2)CC1)Nc1ccc(Oc2ccccc2Cl)cc1. The number of hydrogen-bond acceptors (Lipinski definition) is 4. The van der Waals surface area contributed by atoms with Gasteiger partial charge in [0.1, 0.15) is 11.5 Å². The van der Waals surface area contributed by atoms with Gasteiger partial charge in [0.05, 0.1) is 11.6 Å². The number of rotatable bonds is 8. The molecule has 0 bridgehead atoms. The molecule has 1 saturated heterocycles. The Kier molecular flexibility index (Phi) is 8.17. The number of likely N-dealkylation sites (tertiary alicyclic amines) is 1. The van der Waals surface area contributed by atoms with Crippen LogP contribution in [0.25, 0.3) is 0 Å². The van der Waals surface area contributed by atoms with E-state index in [0.29, 0.717) is 35.3 Å². The molecule has 0 aliphatic carbocycles. The zero-order valence-electron chi connectivity index (χ0n) is 18.9. The highest BCUT2D eigenvalue weighted by Crippen LogP contribution is 2.29. The van der Waals surface area contributed by atoms with Crippen LogP contribution in [0.1, 0.15) is 18.4 Å².